The lowest BCUT2D eigenvalue weighted by molar-refractivity contribution is -0.116. The Morgan fingerprint density at radius 1 is 0.693 bits per heavy atom. The maximum atomic E-state index is 12.4. The number of likely N-dealkylation sites (N-methyl/N-ethyl adjacent to an activating group) is 1. The Kier molecular flexibility index (Phi) is 17.6. The largest absolute Gasteiger partial charge is 0.360 e. The number of halogens is 3. The Balaban J connectivity index is 0.000000133. The van der Waals surface area contributed by atoms with Gasteiger partial charge < -0.3 is 35.9 Å². The fraction of sp³-hybridized carbons (Fsp3) is 0.153. The van der Waals surface area contributed by atoms with Crippen LogP contribution in [0.15, 0.2) is 191 Å². The lowest BCUT2D eigenvalue weighted by Gasteiger charge is -2.18. The highest BCUT2D eigenvalue weighted by Crippen LogP contribution is 2.30. The first-order chi connectivity index (χ1) is 36.3. The monoisotopic (exact) mass is 1060 g/mol. The molecule has 0 bridgehead atoms. The molecule has 3 aliphatic heterocycles. The summed E-state index contributed by atoms with van der Waals surface area (Å²) >= 11 is 18.2. The van der Waals surface area contributed by atoms with E-state index in [2.05, 4.69) is 72.4 Å². The SMILES string of the molecule is C=C(CN)Nc1ccc(Cl)cc1C(=O)c1ccc[nH]1.C=C1CN=C(c2ccc[nH]2)c2cc(Cl)ccc2C1.CCC1=Nc2ccc(Cl)cc2C(c2ccc[nH]2)=NC1.Cc1ccc2c(c1)C(c1ccc[nH]1)=NCC(=O)N2C. The van der Waals surface area contributed by atoms with Gasteiger partial charge in [0, 0.05) is 92.8 Å². The van der Waals surface area contributed by atoms with E-state index in [9.17, 15) is 9.59 Å². The molecule has 0 fully saturated rings. The van der Waals surface area contributed by atoms with Crippen molar-refractivity contribution in [2.75, 3.05) is 43.4 Å². The van der Waals surface area contributed by atoms with Gasteiger partial charge in [0.1, 0.15) is 6.54 Å². The number of carbonyl (C=O) groups excluding carboxylic acids is 2. The van der Waals surface area contributed by atoms with E-state index in [0.29, 0.717) is 52.3 Å². The predicted octanol–water partition coefficient (Wildman–Crippen LogP) is 12.5. The van der Waals surface area contributed by atoms with Gasteiger partial charge >= 0.3 is 0 Å². The van der Waals surface area contributed by atoms with Crippen molar-refractivity contribution in [2.45, 2.75) is 26.7 Å². The van der Waals surface area contributed by atoms with E-state index in [1.54, 1.807) is 48.5 Å². The number of anilines is 2. The summed E-state index contributed by atoms with van der Waals surface area (Å²) in [4.78, 5) is 57.0. The Morgan fingerprint density at radius 3 is 1.89 bits per heavy atom. The number of rotatable bonds is 9. The van der Waals surface area contributed by atoms with Crippen molar-refractivity contribution in [1.29, 1.82) is 0 Å². The van der Waals surface area contributed by atoms with Crippen molar-refractivity contribution < 1.29 is 9.59 Å². The average Bonchev–Trinajstić information content (AvgIpc) is 4.28. The van der Waals surface area contributed by atoms with Crippen LogP contribution in [0.4, 0.5) is 17.1 Å². The van der Waals surface area contributed by atoms with E-state index in [1.807, 2.05) is 104 Å². The maximum Gasteiger partial charge on any atom is 0.248 e. The first kappa shape index (κ1) is 53.2. The van der Waals surface area contributed by atoms with Gasteiger partial charge in [0.2, 0.25) is 11.7 Å². The Hall–Kier alpha value is -8.07. The molecule has 380 valence electrons. The van der Waals surface area contributed by atoms with Crippen LogP contribution in [0.25, 0.3) is 0 Å². The van der Waals surface area contributed by atoms with Gasteiger partial charge in [-0.2, -0.15) is 0 Å². The molecule has 4 aromatic heterocycles. The number of aromatic nitrogens is 4. The zero-order valence-electron chi connectivity index (χ0n) is 41.8. The number of fused-ring (bicyclic) bond motifs is 3. The van der Waals surface area contributed by atoms with Crippen molar-refractivity contribution in [2.24, 2.45) is 25.7 Å². The lowest BCUT2D eigenvalue weighted by atomic mass is 9.98. The lowest BCUT2D eigenvalue weighted by Crippen LogP contribution is -2.27. The topological polar surface area (TPSA) is 188 Å². The minimum absolute atomic E-state index is 0.00617. The van der Waals surface area contributed by atoms with Gasteiger partial charge in [0.15, 0.2) is 0 Å². The molecular formula is C59H56Cl3N11O2. The van der Waals surface area contributed by atoms with Crippen molar-refractivity contribution >= 4 is 86.4 Å². The number of aryl methyl sites for hydroxylation is 1. The molecule has 7 N–H and O–H groups in total. The number of benzodiazepines with no additional fused rings is 1. The first-order valence-corrected chi connectivity index (χ1v) is 25.3. The Morgan fingerprint density at radius 2 is 1.27 bits per heavy atom. The highest BCUT2D eigenvalue weighted by Gasteiger charge is 2.23. The number of nitrogens with two attached hydrogens (primary N) is 1. The number of aromatic amines is 4. The number of hydrogen-bond acceptors (Lipinski definition) is 8. The van der Waals surface area contributed by atoms with Gasteiger partial charge in [-0.15, -0.1) is 0 Å². The molecule has 0 saturated heterocycles. The molecule has 0 saturated carbocycles. The normalized spacial score (nSPS) is 13.6. The first-order valence-electron chi connectivity index (χ1n) is 24.2. The van der Waals surface area contributed by atoms with Crippen molar-refractivity contribution in [3.8, 4) is 0 Å². The van der Waals surface area contributed by atoms with Crippen LogP contribution in [0.1, 0.15) is 74.3 Å². The molecule has 3 aliphatic rings. The van der Waals surface area contributed by atoms with Crippen LogP contribution < -0.4 is 16.0 Å². The Bertz CT molecular complexity index is 3460. The molecule has 16 heteroatoms. The summed E-state index contributed by atoms with van der Waals surface area (Å²) in [6.45, 7) is 13.7. The number of nitrogens with one attached hydrogen (secondary N) is 5. The van der Waals surface area contributed by atoms with Crippen LogP contribution >= 0.6 is 34.8 Å². The number of amides is 1. The van der Waals surface area contributed by atoms with Crippen LogP contribution in [-0.2, 0) is 11.2 Å². The third-order valence-corrected chi connectivity index (χ3v) is 13.0. The number of carbonyl (C=O) groups is 2. The molecule has 4 aromatic carbocycles. The van der Waals surface area contributed by atoms with Crippen molar-refractivity contribution in [3.05, 3.63) is 242 Å². The van der Waals surface area contributed by atoms with Crippen LogP contribution in [0, 0.1) is 6.92 Å². The number of hydrogen-bond donors (Lipinski definition) is 6. The smallest absolute Gasteiger partial charge is 0.248 e. The summed E-state index contributed by atoms with van der Waals surface area (Å²) in [5.74, 6) is -0.133. The molecule has 0 radical (unpaired) electrons. The minimum atomic E-state index is -0.139. The van der Waals surface area contributed by atoms with Crippen LogP contribution in [0.5, 0.6) is 0 Å². The second-order valence-corrected chi connectivity index (χ2v) is 19.0. The predicted molar refractivity (Wildman–Crippen MR) is 309 cm³/mol. The number of nitrogens with zero attached hydrogens (tertiary/aromatic N) is 5. The molecule has 0 aliphatic carbocycles. The standard InChI is InChI=1S/C15H14ClN3.C15H13ClN2.C15H15N3O.C14H14ClN3O/c1-2-11-9-18-15(14-4-3-7-17-14)12-8-10(16)5-6-13(12)19-11;1-10-7-11-4-5-12(16)8-13(11)15(18-9-10)14-3-2-6-17-14;1-10-5-6-13-11(8-10)15(12-4-3-7-16-12)17-9-14(19)18(13)2;1-9(8-16)18-12-5-4-10(15)7-11(12)14(19)13-3-2-6-17-13/h3-8,17H,2,9H2,1H3;2-6,8,17H,1,7,9H2;3-8,16H,9H2,1-2H3;2-7,17-18H,1,8,16H2. The second kappa shape index (κ2) is 24.8. The maximum absolute atomic E-state index is 12.4. The third kappa shape index (κ3) is 13.2. The van der Waals surface area contributed by atoms with E-state index >= 15 is 0 Å². The van der Waals surface area contributed by atoms with Gasteiger partial charge in [-0.1, -0.05) is 78.2 Å². The highest BCUT2D eigenvalue weighted by atomic mass is 35.5. The zero-order valence-corrected chi connectivity index (χ0v) is 44.0. The molecule has 13 nitrogen and oxygen atoms in total. The molecule has 7 heterocycles. The number of ketones is 1. The molecule has 8 aromatic rings. The van der Waals surface area contributed by atoms with Crippen LogP contribution in [0.2, 0.25) is 15.1 Å². The summed E-state index contributed by atoms with van der Waals surface area (Å²) in [6, 6.07) is 38.2. The molecule has 0 atom stereocenters. The van der Waals surface area contributed by atoms with Crippen LogP contribution in [-0.4, -0.2) is 87.7 Å². The molecular weight excluding hydrogens is 1000 g/mol. The minimum Gasteiger partial charge on any atom is -0.360 e. The van der Waals surface area contributed by atoms with Gasteiger partial charge in [0.25, 0.3) is 0 Å². The summed E-state index contributed by atoms with van der Waals surface area (Å²) < 4.78 is 0. The van der Waals surface area contributed by atoms with E-state index < -0.39 is 0 Å². The molecule has 11 rings (SSSR count). The fourth-order valence-electron chi connectivity index (χ4n) is 8.37. The van der Waals surface area contributed by atoms with Crippen molar-refractivity contribution in [3.63, 3.8) is 0 Å². The van der Waals surface area contributed by atoms with E-state index in [4.69, 9.17) is 45.5 Å². The fourth-order valence-corrected chi connectivity index (χ4v) is 8.89. The summed E-state index contributed by atoms with van der Waals surface area (Å²) in [6.07, 6.45) is 9.13. The average molecular weight is 1060 g/mol. The van der Waals surface area contributed by atoms with E-state index in [0.717, 1.165) is 97.0 Å². The third-order valence-electron chi connectivity index (χ3n) is 12.2. The molecule has 0 spiro atoms. The van der Waals surface area contributed by atoms with Gasteiger partial charge in [0.05, 0.1) is 64.4 Å². The van der Waals surface area contributed by atoms with Crippen LogP contribution in [0.3, 0.4) is 0 Å². The number of benzene rings is 4. The van der Waals surface area contributed by atoms with Gasteiger partial charge in [-0.25, -0.2) is 0 Å². The number of H-pyrrole nitrogens is 4. The molecule has 75 heavy (non-hydrogen) atoms. The zero-order chi connectivity index (χ0) is 53.0. The van der Waals surface area contributed by atoms with E-state index in [-0.39, 0.29) is 18.2 Å². The summed E-state index contributed by atoms with van der Waals surface area (Å²) in [7, 11) is 1.80. The van der Waals surface area contributed by atoms with Crippen molar-refractivity contribution in [1.82, 2.24) is 19.9 Å². The second-order valence-electron chi connectivity index (χ2n) is 17.7. The highest BCUT2D eigenvalue weighted by molar-refractivity contribution is 6.32. The molecule has 1 amide bonds. The molecule has 0 unspecified atom stereocenters. The quantitative estimate of drug-likeness (QED) is 0.0620. The number of aliphatic imine (C=N–C) groups is 4. The van der Waals surface area contributed by atoms with E-state index in [1.165, 1.54) is 5.56 Å². The summed E-state index contributed by atoms with van der Waals surface area (Å²) in [5.41, 5.74) is 23.0. The summed E-state index contributed by atoms with van der Waals surface area (Å²) in [5, 5.41) is 4.95. The van der Waals surface area contributed by atoms with Gasteiger partial charge in [-0.05, 0) is 135 Å². The Labute approximate surface area is 451 Å². The van der Waals surface area contributed by atoms with Gasteiger partial charge in [-0.3, -0.25) is 29.6 Å².